The van der Waals surface area contributed by atoms with Gasteiger partial charge in [-0.05, 0) is 107 Å². The Kier molecular flexibility index (Phi) is 15.5. The molecule has 0 aromatic heterocycles. The molecule has 320 valence electrons. The lowest BCUT2D eigenvalue weighted by molar-refractivity contribution is -0.145. The van der Waals surface area contributed by atoms with E-state index in [-0.39, 0.29) is 60.6 Å². The minimum absolute atomic E-state index is 0.0405. The number of carbonyl (C=O) groups excluding carboxylic acids is 4. The van der Waals surface area contributed by atoms with Crippen LogP contribution in [0.25, 0.3) is 0 Å². The quantitative estimate of drug-likeness (QED) is 0.122. The molecule has 5 rings (SSSR count). The summed E-state index contributed by atoms with van der Waals surface area (Å²) in [6.07, 6.45) is -3.20. The minimum Gasteiger partial charge on any atom is -0.465 e. The molecular formula is C41H57ClF3N7O6. The highest BCUT2D eigenvalue weighted by atomic mass is 35.5. The molecule has 2 aromatic carbocycles. The van der Waals surface area contributed by atoms with Crippen LogP contribution in [-0.4, -0.2) is 134 Å². The number of urea groups is 1. The Morgan fingerprint density at radius 1 is 1.02 bits per heavy atom. The second-order valence-corrected chi connectivity index (χ2v) is 16.5. The summed E-state index contributed by atoms with van der Waals surface area (Å²) >= 11 is 6.13. The van der Waals surface area contributed by atoms with Crippen LogP contribution in [0.15, 0.2) is 36.4 Å². The summed E-state index contributed by atoms with van der Waals surface area (Å²) in [5, 5.41) is 2.60. The average Bonchev–Trinajstić information content (AvgIpc) is 3.18. The number of hydrogen-bond donors (Lipinski definition) is 2. The van der Waals surface area contributed by atoms with E-state index >= 15 is 0 Å². The molecule has 2 fully saturated rings. The third kappa shape index (κ3) is 12.1. The van der Waals surface area contributed by atoms with E-state index in [2.05, 4.69) is 17.1 Å². The van der Waals surface area contributed by atoms with Crippen molar-refractivity contribution in [2.24, 2.45) is 11.8 Å². The molecule has 1 unspecified atom stereocenters. The van der Waals surface area contributed by atoms with E-state index in [1.807, 2.05) is 43.3 Å². The first-order valence-electron chi connectivity index (χ1n) is 20.0. The molecule has 3 aliphatic rings. The summed E-state index contributed by atoms with van der Waals surface area (Å²) in [6.45, 7) is 6.43. The highest BCUT2D eigenvalue weighted by molar-refractivity contribution is 6.33. The molecule has 2 atom stereocenters. The fourth-order valence-electron chi connectivity index (χ4n) is 7.96. The maximum atomic E-state index is 14.0. The number of carbonyl (C=O) groups is 4. The summed E-state index contributed by atoms with van der Waals surface area (Å²) in [5.74, 6) is -0.173. The second-order valence-electron chi connectivity index (χ2n) is 16.1. The minimum atomic E-state index is -4.80. The van der Waals surface area contributed by atoms with Crippen molar-refractivity contribution in [1.82, 2.24) is 24.5 Å². The zero-order valence-corrected chi connectivity index (χ0v) is 34.6. The van der Waals surface area contributed by atoms with Crippen LogP contribution < -0.4 is 11.1 Å². The first kappa shape index (κ1) is 44.8. The van der Waals surface area contributed by atoms with Crippen molar-refractivity contribution in [3.05, 3.63) is 58.1 Å². The number of hydrogen-bond acceptors (Lipinski definition) is 9. The molecule has 3 N–H and O–H groups in total. The van der Waals surface area contributed by atoms with Crippen LogP contribution in [0, 0.1) is 11.8 Å². The van der Waals surface area contributed by atoms with Gasteiger partial charge in [0.2, 0.25) is 0 Å². The van der Waals surface area contributed by atoms with Crippen LogP contribution in [0.5, 0.6) is 0 Å². The fraction of sp³-hybridized carbons (Fsp3) is 0.610. The van der Waals surface area contributed by atoms with Crippen molar-refractivity contribution >= 4 is 47.0 Å². The van der Waals surface area contributed by atoms with E-state index in [0.29, 0.717) is 44.9 Å². The monoisotopic (exact) mass is 835 g/mol. The van der Waals surface area contributed by atoms with E-state index in [0.717, 1.165) is 56.2 Å². The number of nitrogens with zero attached hydrogens (tertiary/aromatic N) is 5. The molecule has 2 saturated heterocycles. The second kappa shape index (κ2) is 20.1. The number of amides is 4. The number of piperidine rings is 2. The standard InChI is InChI=1S/C41H57ClF3N7O6/c1-27(29-11-17-50(18-12-29)26-36(53)57-21-7-15-48(2)3)10-16-49(4)38(54)35(24-28-22-32(41(43,44)45)37(46)33(42)23-28)58-40(56)51-19-13-31(14-20-51)52-25-30-8-5-6-9-34(30)47-39(52)55/h5-6,8-9,22-23,27,29,31,35H,7,10-21,24-26,46H2,1-4H3,(H,47,55)/t27?,35-/m1/s1. The van der Waals surface area contributed by atoms with Gasteiger partial charge in [0, 0.05) is 57.9 Å². The van der Waals surface area contributed by atoms with Crippen LogP contribution in [0.2, 0.25) is 5.02 Å². The Labute approximate surface area is 343 Å². The highest BCUT2D eigenvalue weighted by Gasteiger charge is 2.37. The highest BCUT2D eigenvalue weighted by Crippen LogP contribution is 2.38. The van der Waals surface area contributed by atoms with Crippen LogP contribution >= 0.6 is 11.6 Å². The summed E-state index contributed by atoms with van der Waals surface area (Å²) < 4.78 is 52.8. The molecule has 17 heteroatoms. The number of ether oxygens (including phenoxy) is 2. The Bertz CT molecular complexity index is 1750. The number of nitrogens with two attached hydrogens (primary N) is 1. The zero-order valence-electron chi connectivity index (χ0n) is 33.9. The maximum Gasteiger partial charge on any atom is 0.418 e. The molecule has 0 radical (unpaired) electrons. The van der Waals surface area contributed by atoms with E-state index in [1.54, 1.807) is 11.9 Å². The lowest BCUT2D eigenvalue weighted by atomic mass is 9.83. The van der Waals surface area contributed by atoms with Crippen LogP contribution in [0.1, 0.15) is 62.1 Å². The molecule has 4 amide bonds. The number of likely N-dealkylation sites (tertiary alicyclic amines) is 2. The number of benzene rings is 2. The summed E-state index contributed by atoms with van der Waals surface area (Å²) in [6, 6.07) is 9.32. The number of fused-ring (bicyclic) bond motifs is 1. The normalized spacial score (nSPS) is 18.1. The topological polar surface area (TPSA) is 141 Å². The van der Waals surface area contributed by atoms with Gasteiger partial charge in [0.25, 0.3) is 5.91 Å². The predicted octanol–water partition coefficient (Wildman–Crippen LogP) is 6.19. The van der Waals surface area contributed by atoms with Crippen molar-refractivity contribution in [2.75, 3.05) is 84.6 Å². The largest absolute Gasteiger partial charge is 0.465 e. The number of nitrogen functional groups attached to an aromatic ring is 1. The van der Waals surface area contributed by atoms with Gasteiger partial charge in [0.1, 0.15) is 0 Å². The number of esters is 1. The Hall–Kier alpha value is -4.28. The average molecular weight is 836 g/mol. The Balaban J connectivity index is 1.17. The van der Waals surface area contributed by atoms with Crippen LogP contribution in [0.4, 0.5) is 34.1 Å². The number of nitrogens with one attached hydrogen (secondary N) is 1. The van der Waals surface area contributed by atoms with E-state index in [9.17, 15) is 32.3 Å². The van der Waals surface area contributed by atoms with E-state index in [4.69, 9.17) is 26.8 Å². The summed E-state index contributed by atoms with van der Waals surface area (Å²) in [5.41, 5.74) is 5.71. The predicted molar refractivity (Wildman–Crippen MR) is 215 cm³/mol. The first-order valence-corrected chi connectivity index (χ1v) is 20.4. The molecule has 0 bridgehead atoms. The maximum absolute atomic E-state index is 14.0. The van der Waals surface area contributed by atoms with Crippen molar-refractivity contribution < 1.29 is 41.8 Å². The van der Waals surface area contributed by atoms with Crippen molar-refractivity contribution in [2.45, 2.75) is 76.7 Å². The van der Waals surface area contributed by atoms with E-state index in [1.165, 1.54) is 15.9 Å². The van der Waals surface area contributed by atoms with Gasteiger partial charge in [-0.2, -0.15) is 13.2 Å². The number of rotatable bonds is 15. The molecule has 0 spiro atoms. The number of halogens is 4. The van der Waals surface area contributed by atoms with Gasteiger partial charge in [0.05, 0.1) is 29.4 Å². The first-order chi connectivity index (χ1) is 27.5. The number of alkyl halides is 3. The molecule has 0 saturated carbocycles. The third-order valence-electron chi connectivity index (χ3n) is 11.6. The van der Waals surface area contributed by atoms with Crippen LogP contribution in [0.3, 0.4) is 0 Å². The lowest BCUT2D eigenvalue weighted by Crippen LogP contribution is -2.52. The molecule has 58 heavy (non-hydrogen) atoms. The van der Waals surface area contributed by atoms with Gasteiger partial charge < -0.3 is 40.1 Å². The zero-order chi connectivity index (χ0) is 42.1. The molecule has 13 nitrogen and oxygen atoms in total. The van der Waals surface area contributed by atoms with Crippen molar-refractivity contribution in [1.29, 1.82) is 0 Å². The molecule has 3 aliphatic heterocycles. The van der Waals surface area contributed by atoms with Crippen molar-refractivity contribution in [3.63, 3.8) is 0 Å². The van der Waals surface area contributed by atoms with Gasteiger partial charge in [0.15, 0.2) is 6.10 Å². The van der Waals surface area contributed by atoms with Gasteiger partial charge in [-0.3, -0.25) is 14.5 Å². The molecule has 2 aromatic rings. The van der Waals surface area contributed by atoms with Gasteiger partial charge in [-0.1, -0.05) is 36.7 Å². The number of para-hydroxylation sites is 1. The van der Waals surface area contributed by atoms with E-state index < -0.39 is 35.5 Å². The summed E-state index contributed by atoms with van der Waals surface area (Å²) in [4.78, 5) is 61.7. The Morgan fingerprint density at radius 2 is 1.71 bits per heavy atom. The summed E-state index contributed by atoms with van der Waals surface area (Å²) in [7, 11) is 5.54. The van der Waals surface area contributed by atoms with Gasteiger partial charge in [-0.25, -0.2) is 9.59 Å². The third-order valence-corrected chi connectivity index (χ3v) is 11.9. The number of anilines is 2. The fourth-order valence-corrected chi connectivity index (χ4v) is 8.20. The number of likely N-dealkylation sites (N-methyl/N-ethyl adjacent to an activating group) is 1. The van der Waals surface area contributed by atoms with Crippen LogP contribution in [-0.2, 0) is 38.2 Å². The Morgan fingerprint density at radius 3 is 2.38 bits per heavy atom. The van der Waals surface area contributed by atoms with Gasteiger partial charge >= 0.3 is 24.3 Å². The SMILES string of the molecule is CC(CCN(C)C(=O)[C@@H](Cc1cc(Cl)c(N)c(C(F)(F)F)c1)OC(=O)N1CCC(N2Cc3ccccc3NC2=O)CC1)C1CCN(CC(=O)OCCCN(C)C)CC1. The van der Waals surface area contributed by atoms with Gasteiger partial charge in [-0.15, -0.1) is 0 Å². The smallest absolute Gasteiger partial charge is 0.418 e. The van der Waals surface area contributed by atoms with Crippen molar-refractivity contribution in [3.8, 4) is 0 Å². The molecular weight excluding hydrogens is 779 g/mol. The lowest BCUT2D eigenvalue weighted by Gasteiger charge is -2.40. The molecule has 3 heterocycles. The molecule has 0 aliphatic carbocycles.